The summed E-state index contributed by atoms with van der Waals surface area (Å²) >= 11 is 0. The van der Waals surface area contributed by atoms with Crippen LogP contribution in [0.5, 0.6) is 0 Å². The molecule has 0 spiro atoms. The van der Waals surface area contributed by atoms with E-state index in [4.69, 9.17) is 8.22 Å². The molecule has 0 saturated carbocycles. The molecule has 11 heteroatoms. The number of benzene rings is 15. The van der Waals surface area contributed by atoms with Crippen molar-refractivity contribution in [2.45, 2.75) is 157 Å². The Morgan fingerprint density at radius 3 is 0.985 bits per heavy atom. The molecule has 0 aliphatic rings. The monoisotopic (exact) mass is 1790 g/mol. The molecule has 134 heavy (non-hydrogen) atoms. The Bertz CT molecular complexity index is 8550. The minimum Gasteiger partial charge on any atom is -0.207 e. The Kier molecular flexibility index (Phi) is 23.4. The summed E-state index contributed by atoms with van der Waals surface area (Å²) in [7, 11) is 9.86. The first-order valence-electron chi connectivity index (χ1n) is 48.8. The predicted octanol–water partition coefficient (Wildman–Crippen LogP) is 30.8. The number of aryl methyl sites for hydroxylation is 10. The van der Waals surface area contributed by atoms with Crippen molar-refractivity contribution in [3.05, 3.63) is 384 Å². The highest BCUT2D eigenvalue weighted by atomic mass is 19.4. The lowest BCUT2D eigenvalue weighted by Crippen LogP contribution is -2.35. The molecule has 0 radical (unpaired) electrons. The molecule has 5 aromatic heterocycles. The molecule has 674 valence electrons. The lowest BCUT2D eigenvalue weighted by atomic mass is 9.90. The first kappa shape index (κ1) is 85.7. The maximum absolute atomic E-state index is 14.4. The van der Waals surface area contributed by atoms with Gasteiger partial charge in [0, 0.05) is 90.2 Å². The Labute approximate surface area is 793 Å². The van der Waals surface area contributed by atoms with Crippen LogP contribution in [0, 0.1) is 149 Å². The lowest BCUT2D eigenvalue weighted by molar-refractivity contribution is -0.665. The molecule has 15 aromatic carbocycles. The van der Waals surface area contributed by atoms with Gasteiger partial charge in [0.2, 0.25) is 28.5 Å². The third-order valence-corrected chi connectivity index (χ3v) is 27.9. The number of halogens is 6. The van der Waals surface area contributed by atoms with E-state index in [-0.39, 0.29) is 29.7 Å². The molecule has 20 aromatic rings. The van der Waals surface area contributed by atoms with Crippen LogP contribution < -0.4 is 22.8 Å². The zero-order valence-electron chi connectivity index (χ0n) is 87.8. The standard InChI is InChI=1S/C26H28N.C25H23F3N.3C24H23FN/c1-16(2)20-8-7-9-21-22(20)10-11-24-23(21)12-13-27(6)26(24)25-15-17(3)14-18(4)19(25)5;1-14-10-15(2)17(4)21(11-14)24-20-9-7-18-6-8-19(25(26,27)28)13-22(18)23(20)12-16(3)29(24)5;1-14-10-15(2)17(4)22(11-14)24-21-8-6-18-13-19(25)7-9-20(18)23(21)12-16(3)26(24)5;1-14-10-15(2)17(4)21(11-14)24-20-9-7-18-6-8-19(25)13-22(18)23(20)12-16(3)26(24)5;1-14-11-15(2)17(4)21(12-14)24-20-10-9-19-18(7-6-8-23(19)25)22(20)13-16(3)26(24)5/h7-16H,1-6H3;6-13H,1-5H3;3*6-13H,1-5H3/q5*+1/i12D,13D;3*12D;13D. The summed E-state index contributed by atoms with van der Waals surface area (Å²) in [6.07, 6.45) is -4.19. The van der Waals surface area contributed by atoms with Crippen LogP contribution in [0.15, 0.2) is 249 Å². The molecule has 0 saturated heterocycles. The van der Waals surface area contributed by atoms with E-state index in [1.807, 2.05) is 128 Å². The summed E-state index contributed by atoms with van der Waals surface area (Å²) in [6.45, 7) is 43.8. The van der Waals surface area contributed by atoms with Crippen LogP contribution >= 0.6 is 0 Å². The normalized spacial score (nSPS) is 12.3. The average Bonchev–Trinajstić information content (AvgIpc) is 0.754. The van der Waals surface area contributed by atoms with Crippen molar-refractivity contribution < 1.29 is 57.4 Å². The van der Waals surface area contributed by atoms with Crippen LogP contribution in [0.4, 0.5) is 26.3 Å². The number of hydrogen-bond acceptors (Lipinski definition) is 0. The molecule has 0 bridgehead atoms. The SMILES string of the molecule is [2H]c1c(C)[n+](C)c(-c2cc(C)cc(C)c2C)c2ccc3c(F)cccc3c12.[2H]c1c(C)[n+](C)c(-c2cc(C)cc(C)c2C)c2ccc3cc(F)ccc3c12.[2H]c1c(C)[n+](C)c(-c2cc(C)cc(C)c2C)c2ccc3ccc(C(F)(F)F)cc3c12.[2H]c1c(C)[n+](C)c(-c2cc(C)cc(C)c2C)c2ccc3ccc(F)cc3c12.[2H]c1c([2H])[n+](C)c(-c2cc(C)cc(C)c2C)c2ccc3c(C(C)C)cccc3c12. The van der Waals surface area contributed by atoms with E-state index in [9.17, 15) is 26.3 Å². The second kappa shape index (κ2) is 36.7. The van der Waals surface area contributed by atoms with Gasteiger partial charge in [0.25, 0.3) is 0 Å². The molecule has 20 rings (SSSR count). The van der Waals surface area contributed by atoms with E-state index in [0.29, 0.717) is 57.3 Å². The van der Waals surface area contributed by atoms with Crippen LogP contribution in [-0.4, -0.2) is 0 Å². The number of nitrogens with zero attached hydrogens (tertiary/aromatic N) is 5. The van der Waals surface area contributed by atoms with Crippen molar-refractivity contribution >= 4 is 108 Å². The fraction of sp³-hybridized carbons (Fsp3) is 0.228. The number of rotatable bonds is 6. The summed E-state index contributed by atoms with van der Waals surface area (Å²) in [5.41, 5.74) is 33.0. The maximum Gasteiger partial charge on any atom is 0.416 e. The third-order valence-electron chi connectivity index (χ3n) is 27.9. The van der Waals surface area contributed by atoms with E-state index in [1.165, 1.54) is 131 Å². The Morgan fingerprint density at radius 1 is 0.269 bits per heavy atom. The van der Waals surface area contributed by atoms with Crippen molar-refractivity contribution in [3.63, 3.8) is 0 Å². The summed E-state index contributed by atoms with van der Waals surface area (Å²) in [5, 5.41) is 17.0. The molecule has 0 amide bonds. The van der Waals surface area contributed by atoms with E-state index in [0.717, 1.165) is 160 Å². The van der Waals surface area contributed by atoms with Gasteiger partial charge in [-0.3, -0.25) is 0 Å². The van der Waals surface area contributed by atoms with Crippen molar-refractivity contribution in [2.24, 2.45) is 35.2 Å². The predicted molar refractivity (Wildman–Crippen MR) is 549 cm³/mol. The van der Waals surface area contributed by atoms with Gasteiger partial charge >= 0.3 is 6.18 Å². The first-order chi connectivity index (χ1) is 66.1. The topological polar surface area (TPSA) is 19.4 Å². The Balaban J connectivity index is 0.000000126. The fourth-order valence-electron chi connectivity index (χ4n) is 19.8. The van der Waals surface area contributed by atoms with Gasteiger partial charge < -0.3 is 0 Å². The molecule has 0 atom stereocenters. The van der Waals surface area contributed by atoms with E-state index < -0.39 is 11.7 Å². The van der Waals surface area contributed by atoms with Crippen LogP contribution in [0.25, 0.3) is 164 Å². The largest absolute Gasteiger partial charge is 0.416 e. The van der Waals surface area contributed by atoms with E-state index in [1.54, 1.807) is 24.3 Å². The fourth-order valence-corrected chi connectivity index (χ4v) is 19.8. The van der Waals surface area contributed by atoms with Gasteiger partial charge in [0.15, 0.2) is 28.9 Å². The number of fused-ring (bicyclic) bond motifs is 15. The quantitative estimate of drug-likeness (QED) is 0.0898. The number of aromatic nitrogens is 5. The van der Waals surface area contributed by atoms with Crippen LogP contribution in [0.3, 0.4) is 0 Å². The van der Waals surface area contributed by atoms with Crippen molar-refractivity contribution in [1.82, 2.24) is 0 Å². The van der Waals surface area contributed by atoms with Crippen LogP contribution in [-0.2, 0) is 41.4 Å². The summed E-state index contributed by atoms with van der Waals surface area (Å²) < 4.78 is 145. The minimum atomic E-state index is -4.43. The van der Waals surface area contributed by atoms with Crippen molar-refractivity contribution in [1.29, 1.82) is 0 Å². The first-order valence-corrected chi connectivity index (χ1v) is 45.8. The van der Waals surface area contributed by atoms with Crippen molar-refractivity contribution in [3.8, 4) is 56.3 Å². The molecule has 0 unspecified atom stereocenters. The second-order valence-corrected chi connectivity index (χ2v) is 37.4. The smallest absolute Gasteiger partial charge is 0.207 e. The molecule has 0 fully saturated rings. The highest BCUT2D eigenvalue weighted by molar-refractivity contribution is 6.16. The summed E-state index contributed by atoms with van der Waals surface area (Å²) in [5.74, 6) is -0.369. The molecule has 0 N–H and O–H groups in total. The summed E-state index contributed by atoms with van der Waals surface area (Å²) in [6, 6.07) is 68.6. The molecular weight excluding hydrogens is 1660 g/mol. The zero-order chi connectivity index (χ0) is 101. The van der Waals surface area contributed by atoms with Gasteiger partial charge in [0.05, 0.1) is 67.2 Å². The lowest BCUT2D eigenvalue weighted by Gasteiger charge is -2.14. The minimum absolute atomic E-state index is 0.244. The molecule has 5 heterocycles. The van der Waals surface area contributed by atoms with E-state index >= 15 is 0 Å². The van der Waals surface area contributed by atoms with Crippen LogP contribution in [0.1, 0.15) is 145 Å². The zero-order valence-corrected chi connectivity index (χ0v) is 81.8. The van der Waals surface area contributed by atoms with E-state index in [2.05, 4.69) is 222 Å². The average molecular weight is 1790 g/mol. The maximum atomic E-state index is 14.4. The van der Waals surface area contributed by atoms with Gasteiger partial charge in [-0.15, -0.1) is 0 Å². The highest BCUT2D eigenvalue weighted by Gasteiger charge is 2.33. The molecule has 0 aliphatic heterocycles. The van der Waals surface area contributed by atoms with Gasteiger partial charge in [-0.2, -0.15) is 31.4 Å². The van der Waals surface area contributed by atoms with Crippen LogP contribution in [0.2, 0.25) is 0 Å². The summed E-state index contributed by atoms with van der Waals surface area (Å²) in [4.78, 5) is 0. The second-order valence-electron chi connectivity index (χ2n) is 37.4. The van der Waals surface area contributed by atoms with Gasteiger partial charge in [-0.05, 0) is 323 Å². The molecule has 0 aliphatic carbocycles. The Morgan fingerprint density at radius 2 is 0.575 bits per heavy atom. The highest BCUT2D eigenvalue weighted by Crippen LogP contribution is 2.44. The molecular formula is C123H120F6N5+5. The third kappa shape index (κ3) is 17.4. The number of hydrogen-bond donors (Lipinski definition) is 0. The number of alkyl halides is 3. The van der Waals surface area contributed by atoms with Gasteiger partial charge in [-0.25, -0.2) is 17.7 Å². The number of pyridine rings is 5. The van der Waals surface area contributed by atoms with Crippen molar-refractivity contribution in [2.75, 3.05) is 0 Å². The van der Waals surface area contributed by atoms with Gasteiger partial charge in [-0.1, -0.05) is 151 Å². The molecule has 5 nitrogen and oxygen atoms in total. The Hall–Kier alpha value is -13.8. The van der Waals surface area contributed by atoms with Gasteiger partial charge in [0.1, 0.15) is 54.1 Å².